The number of amides is 2. The fourth-order valence-corrected chi connectivity index (χ4v) is 2.35. The zero-order chi connectivity index (χ0) is 15.7. The molecule has 0 aromatic heterocycles. The maximum atomic E-state index is 13.8. The molecule has 21 heavy (non-hydrogen) atoms. The second-order valence-electron chi connectivity index (χ2n) is 4.92. The van der Waals surface area contributed by atoms with Crippen LogP contribution in [0.2, 0.25) is 0 Å². The Morgan fingerprint density at radius 2 is 2.10 bits per heavy atom. The van der Waals surface area contributed by atoms with Gasteiger partial charge in [-0.15, -0.1) is 0 Å². The Morgan fingerprint density at radius 3 is 2.62 bits per heavy atom. The van der Waals surface area contributed by atoms with Gasteiger partial charge in [0.05, 0.1) is 18.6 Å². The number of nitrogens with two attached hydrogens (primary N) is 1. The van der Waals surface area contributed by atoms with Gasteiger partial charge in [-0.1, -0.05) is 0 Å². The summed E-state index contributed by atoms with van der Waals surface area (Å²) in [7, 11) is 1.14. The van der Waals surface area contributed by atoms with Gasteiger partial charge in [0.15, 0.2) is 0 Å². The van der Waals surface area contributed by atoms with E-state index in [1.165, 1.54) is 11.0 Å². The van der Waals surface area contributed by atoms with E-state index in [4.69, 9.17) is 5.73 Å². The fraction of sp³-hybridized carbons (Fsp3) is 0.357. The zero-order valence-corrected chi connectivity index (χ0v) is 11.7. The molecule has 0 spiro atoms. The summed E-state index contributed by atoms with van der Waals surface area (Å²) in [5, 5.41) is 0. The number of aryl methyl sites for hydroxylation is 1. The molecule has 1 heterocycles. The van der Waals surface area contributed by atoms with Gasteiger partial charge in [-0.3, -0.25) is 9.59 Å². The van der Waals surface area contributed by atoms with E-state index >= 15 is 0 Å². The number of primary amides is 1. The molecule has 6 nitrogen and oxygen atoms in total. The summed E-state index contributed by atoms with van der Waals surface area (Å²) in [5.41, 5.74) is 5.82. The van der Waals surface area contributed by atoms with Crippen LogP contribution in [0.4, 0.5) is 10.1 Å². The molecule has 1 aromatic rings. The predicted molar refractivity (Wildman–Crippen MR) is 72.1 cm³/mol. The summed E-state index contributed by atoms with van der Waals surface area (Å²) in [6.07, 6.45) is 0.0136. The first-order valence-electron chi connectivity index (χ1n) is 6.33. The highest BCUT2D eigenvalue weighted by atomic mass is 19.1. The molecule has 0 aliphatic carbocycles. The van der Waals surface area contributed by atoms with Gasteiger partial charge < -0.3 is 15.4 Å². The van der Waals surface area contributed by atoms with Gasteiger partial charge in [0, 0.05) is 18.7 Å². The fourth-order valence-electron chi connectivity index (χ4n) is 2.35. The van der Waals surface area contributed by atoms with E-state index in [1.54, 1.807) is 6.92 Å². The number of carbonyl (C=O) groups is 3. The third kappa shape index (κ3) is 2.72. The molecule has 1 saturated heterocycles. The van der Waals surface area contributed by atoms with Gasteiger partial charge in [-0.2, -0.15) is 0 Å². The van der Waals surface area contributed by atoms with E-state index in [9.17, 15) is 18.8 Å². The van der Waals surface area contributed by atoms with E-state index in [-0.39, 0.29) is 24.4 Å². The van der Waals surface area contributed by atoms with Crippen molar-refractivity contribution in [2.75, 3.05) is 18.6 Å². The van der Waals surface area contributed by atoms with Gasteiger partial charge in [0.25, 0.3) is 0 Å². The number of ether oxygens (including phenoxy) is 1. The summed E-state index contributed by atoms with van der Waals surface area (Å²) >= 11 is 0. The van der Waals surface area contributed by atoms with Gasteiger partial charge in [-0.25, -0.2) is 9.18 Å². The average Bonchev–Trinajstić information content (AvgIpc) is 2.80. The van der Waals surface area contributed by atoms with Crippen LogP contribution < -0.4 is 10.6 Å². The smallest absolute Gasteiger partial charge is 0.340 e. The molecule has 1 unspecified atom stereocenters. The van der Waals surface area contributed by atoms with Crippen molar-refractivity contribution in [3.8, 4) is 0 Å². The predicted octanol–water partition coefficient (Wildman–Crippen LogP) is 0.759. The van der Waals surface area contributed by atoms with Crippen LogP contribution in [0.15, 0.2) is 12.1 Å². The molecule has 2 amide bonds. The second-order valence-corrected chi connectivity index (χ2v) is 4.92. The van der Waals surface area contributed by atoms with E-state index in [0.717, 1.165) is 13.2 Å². The Bertz CT molecular complexity index is 630. The molecule has 1 atom stereocenters. The highest BCUT2D eigenvalue weighted by Crippen LogP contribution is 2.30. The molecule has 1 fully saturated rings. The number of anilines is 1. The molecule has 1 aliphatic heterocycles. The van der Waals surface area contributed by atoms with Crippen molar-refractivity contribution in [3.05, 3.63) is 29.1 Å². The van der Waals surface area contributed by atoms with Crippen LogP contribution in [0.5, 0.6) is 0 Å². The Kier molecular flexibility index (Phi) is 3.93. The molecule has 0 bridgehead atoms. The lowest BCUT2D eigenvalue weighted by Crippen LogP contribution is -2.29. The van der Waals surface area contributed by atoms with Crippen LogP contribution in [0.25, 0.3) is 0 Å². The summed E-state index contributed by atoms with van der Waals surface area (Å²) in [6, 6.07) is 2.42. The molecular formula is C14H15FN2O4. The van der Waals surface area contributed by atoms with E-state index in [2.05, 4.69) is 4.74 Å². The number of nitrogens with zero attached hydrogens (tertiary/aromatic N) is 1. The minimum atomic E-state index is -0.827. The van der Waals surface area contributed by atoms with Gasteiger partial charge in [0.2, 0.25) is 11.8 Å². The first kappa shape index (κ1) is 15.0. The first-order valence-corrected chi connectivity index (χ1v) is 6.33. The third-order valence-corrected chi connectivity index (χ3v) is 3.51. The highest BCUT2D eigenvalue weighted by molar-refractivity contribution is 6.01. The van der Waals surface area contributed by atoms with Crippen molar-refractivity contribution >= 4 is 23.5 Å². The van der Waals surface area contributed by atoms with Crippen molar-refractivity contribution in [2.24, 2.45) is 11.7 Å². The Morgan fingerprint density at radius 1 is 1.43 bits per heavy atom. The van der Waals surface area contributed by atoms with Gasteiger partial charge >= 0.3 is 5.97 Å². The summed E-state index contributed by atoms with van der Waals surface area (Å²) in [6.45, 7) is 1.74. The molecule has 2 rings (SSSR count). The quantitative estimate of drug-likeness (QED) is 0.833. The maximum absolute atomic E-state index is 13.8. The van der Waals surface area contributed by atoms with E-state index < -0.39 is 23.6 Å². The van der Waals surface area contributed by atoms with Crippen molar-refractivity contribution in [3.63, 3.8) is 0 Å². The molecule has 112 valence electrons. The van der Waals surface area contributed by atoms with Crippen LogP contribution in [0, 0.1) is 18.7 Å². The lowest BCUT2D eigenvalue weighted by molar-refractivity contribution is -0.123. The number of halogens is 1. The summed E-state index contributed by atoms with van der Waals surface area (Å²) in [5.74, 6) is -2.97. The lowest BCUT2D eigenvalue weighted by Gasteiger charge is -2.20. The Balaban J connectivity index is 2.42. The number of carbonyl (C=O) groups excluding carboxylic acids is 3. The average molecular weight is 294 g/mol. The standard InChI is InChI=1S/C14H15FN2O4/c1-7-3-10(15)9(14(20)21-2)5-11(7)17-6-8(13(16)19)4-12(17)18/h3,5,8H,4,6H2,1-2H3,(H2,16,19). The molecule has 2 N–H and O–H groups in total. The molecule has 1 aromatic carbocycles. The Hall–Kier alpha value is -2.44. The number of benzene rings is 1. The van der Waals surface area contributed by atoms with Crippen LogP contribution in [-0.4, -0.2) is 31.4 Å². The van der Waals surface area contributed by atoms with Gasteiger partial charge in [-0.05, 0) is 24.6 Å². The van der Waals surface area contributed by atoms with Crippen molar-refractivity contribution in [1.82, 2.24) is 0 Å². The number of hydrogen-bond acceptors (Lipinski definition) is 4. The van der Waals surface area contributed by atoms with E-state index in [1.807, 2.05) is 0 Å². The normalized spacial score (nSPS) is 18.0. The largest absolute Gasteiger partial charge is 0.465 e. The second kappa shape index (κ2) is 5.51. The minimum absolute atomic E-state index is 0.0136. The van der Waals surface area contributed by atoms with Crippen LogP contribution in [0.1, 0.15) is 22.3 Å². The summed E-state index contributed by atoms with van der Waals surface area (Å²) in [4.78, 5) is 36.1. The van der Waals surface area contributed by atoms with Crippen LogP contribution >= 0.6 is 0 Å². The van der Waals surface area contributed by atoms with Crippen molar-refractivity contribution < 1.29 is 23.5 Å². The number of hydrogen-bond donors (Lipinski definition) is 1. The molecule has 7 heteroatoms. The molecule has 0 radical (unpaired) electrons. The number of rotatable bonds is 3. The van der Waals surface area contributed by atoms with E-state index in [0.29, 0.717) is 11.3 Å². The zero-order valence-electron chi connectivity index (χ0n) is 11.7. The maximum Gasteiger partial charge on any atom is 0.340 e. The van der Waals surface area contributed by atoms with Crippen molar-refractivity contribution in [1.29, 1.82) is 0 Å². The third-order valence-electron chi connectivity index (χ3n) is 3.51. The minimum Gasteiger partial charge on any atom is -0.465 e. The number of methoxy groups -OCH3 is 1. The van der Waals surface area contributed by atoms with Crippen LogP contribution in [-0.2, 0) is 14.3 Å². The number of esters is 1. The lowest BCUT2D eigenvalue weighted by atomic mass is 10.1. The highest BCUT2D eigenvalue weighted by Gasteiger charge is 2.35. The van der Waals surface area contributed by atoms with Crippen molar-refractivity contribution in [2.45, 2.75) is 13.3 Å². The monoisotopic (exact) mass is 294 g/mol. The molecule has 1 aliphatic rings. The SMILES string of the molecule is COC(=O)c1cc(N2CC(C(N)=O)CC2=O)c(C)cc1F. The molecule has 0 saturated carbocycles. The summed E-state index contributed by atoms with van der Waals surface area (Å²) < 4.78 is 18.3. The molecular weight excluding hydrogens is 279 g/mol. The Labute approximate surface area is 120 Å². The first-order chi connectivity index (χ1) is 9.85. The topological polar surface area (TPSA) is 89.7 Å². The van der Waals surface area contributed by atoms with Gasteiger partial charge in [0.1, 0.15) is 5.82 Å². The van der Waals surface area contributed by atoms with Crippen LogP contribution in [0.3, 0.4) is 0 Å².